The summed E-state index contributed by atoms with van der Waals surface area (Å²) in [6.07, 6.45) is -3.47. The van der Waals surface area contributed by atoms with Gasteiger partial charge < -0.3 is 19.3 Å². The van der Waals surface area contributed by atoms with E-state index in [9.17, 15) is 22.8 Å². The molecule has 1 aliphatic heterocycles. The molecule has 172 valence electrons. The minimum absolute atomic E-state index is 0.0645. The molecular weight excluding hydrogens is 427 g/mol. The third kappa shape index (κ3) is 5.49. The Morgan fingerprint density at radius 2 is 1.66 bits per heavy atom. The smallest absolute Gasteiger partial charge is 0.417 e. The molecule has 0 unspecified atom stereocenters. The molecule has 0 radical (unpaired) electrons. The van der Waals surface area contributed by atoms with E-state index in [1.807, 2.05) is 4.90 Å². The van der Waals surface area contributed by atoms with Gasteiger partial charge in [0.25, 0.3) is 0 Å². The number of hydrogen-bond donors (Lipinski definition) is 0. The van der Waals surface area contributed by atoms with E-state index in [0.29, 0.717) is 49.1 Å². The Hall–Kier alpha value is -3.30. The van der Waals surface area contributed by atoms with Crippen LogP contribution < -0.4 is 14.4 Å². The first kappa shape index (κ1) is 23.4. The fourth-order valence-corrected chi connectivity index (χ4v) is 3.46. The second-order valence-electron chi connectivity index (χ2n) is 7.26. The molecule has 1 aliphatic rings. The van der Waals surface area contributed by atoms with Crippen LogP contribution in [0.5, 0.6) is 11.5 Å². The molecular formula is C22H24F3N3O4. The van der Waals surface area contributed by atoms with E-state index in [2.05, 4.69) is 4.98 Å². The molecule has 0 atom stereocenters. The van der Waals surface area contributed by atoms with E-state index >= 15 is 0 Å². The SMILES string of the molecule is COc1ccc(C(=O)CCC(=O)N2CCN(c3ccc(C(F)(F)F)cn3)CC2)cc1OC. The van der Waals surface area contributed by atoms with Crippen LogP contribution in [0.2, 0.25) is 0 Å². The standard InChI is InChI=1S/C22H24F3N3O4/c1-31-18-6-3-15(13-19(18)32-2)17(29)5-8-21(30)28-11-9-27(10-12-28)20-7-4-16(14-26-20)22(23,24)25/h3-4,6-7,13-14H,5,8-12H2,1-2H3. The van der Waals surface area contributed by atoms with Crippen LogP contribution in [0.3, 0.4) is 0 Å². The predicted octanol–water partition coefficient (Wildman–Crippen LogP) is 3.43. The lowest BCUT2D eigenvalue weighted by Crippen LogP contribution is -2.49. The van der Waals surface area contributed by atoms with E-state index in [1.54, 1.807) is 23.1 Å². The number of Topliss-reactive ketones (excluding diaryl/α,β-unsaturated/α-hetero) is 1. The van der Waals surface area contributed by atoms with Crippen molar-refractivity contribution < 1.29 is 32.2 Å². The Balaban J connectivity index is 1.50. The van der Waals surface area contributed by atoms with Gasteiger partial charge in [-0.25, -0.2) is 4.98 Å². The van der Waals surface area contributed by atoms with Crippen LogP contribution in [0.15, 0.2) is 36.5 Å². The Morgan fingerprint density at radius 3 is 2.22 bits per heavy atom. The molecule has 0 saturated carbocycles. The summed E-state index contributed by atoms with van der Waals surface area (Å²) >= 11 is 0. The molecule has 1 aromatic heterocycles. The second-order valence-corrected chi connectivity index (χ2v) is 7.26. The molecule has 2 heterocycles. The number of benzene rings is 1. The topological polar surface area (TPSA) is 72.0 Å². The summed E-state index contributed by atoms with van der Waals surface area (Å²) in [5.74, 6) is 1.08. The molecule has 2 aromatic rings. The Labute approximate surface area is 183 Å². The number of ether oxygens (including phenoxy) is 2. The molecule has 1 amide bonds. The van der Waals surface area contributed by atoms with Crippen LogP contribution in [0.1, 0.15) is 28.8 Å². The van der Waals surface area contributed by atoms with Gasteiger partial charge in [-0.2, -0.15) is 13.2 Å². The van der Waals surface area contributed by atoms with Gasteiger partial charge in [0.05, 0.1) is 19.8 Å². The highest BCUT2D eigenvalue weighted by Crippen LogP contribution is 2.30. The summed E-state index contributed by atoms with van der Waals surface area (Å²) in [4.78, 5) is 32.4. The summed E-state index contributed by atoms with van der Waals surface area (Å²) in [6, 6.07) is 7.19. The number of amides is 1. The number of carbonyl (C=O) groups excluding carboxylic acids is 2. The molecule has 1 fully saturated rings. The van der Waals surface area contributed by atoms with Crippen molar-refractivity contribution in [3.05, 3.63) is 47.7 Å². The monoisotopic (exact) mass is 451 g/mol. The van der Waals surface area contributed by atoms with Gasteiger partial charge in [0.15, 0.2) is 17.3 Å². The van der Waals surface area contributed by atoms with Crippen molar-refractivity contribution in [2.45, 2.75) is 19.0 Å². The number of halogens is 3. The maximum atomic E-state index is 12.7. The predicted molar refractivity (Wildman–Crippen MR) is 111 cm³/mol. The third-order valence-corrected chi connectivity index (χ3v) is 5.30. The number of nitrogens with zero attached hydrogens (tertiary/aromatic N) is 3. The third-order valence-electron chi connectivity index (χ3n) is 5.30. The van der Waals surface area contributed by atoms with Crippen LogP contribution in [-0.4, -0.2) is 62.0 Å². The summed E-state index contributed by atoms with van der Waals surface area (Å²) in [5.41, 5.74) is -0.358. The van der Waals surface area contributed by atoms with Crippen molar-refractivity contribution in [1.29, 1.82) is 0 Å². The van der Waals surface area contributed by atoms with Crippen LogP contribution in [0.25, 0.3) is 0 Å². The van der Waals surface area contributed by atoms with E-state index < -0.39 is 11.7 Å². The van der Waals surface area contributed by atoms with E-state index in [0.717, 1.165) is 12.3 Å². The number of alkyl halides is 3. The maximum absolute atomic E-state index is 12.7. The molecule has 0 N–H and O–H groups in total. The summed E-state index contributed by atoms with van der Waals surface area (Å²) < 4.78 is 48.4. The van der Waals surface area contributed by atoms with Crippen molar-refractivity contribution >= 4 is 17.5 Å². The zero-order valence-electron chi connectivity index (χ0n) is 17.8. The van der Waals surface area contributed by atoms with Gasteiger partial charge >= 0.3 is 6.18 Å². The largest absolute Gasteiger partial charge is 0.493 e. The molecule has 0 aliphatic carbocycles. The number of pyridine rings is 1. The molecule has 0 spiro atoms. The quantitative estimate of drug-likeness (QED) is 0.601. The van der Waals surface area contributed by atoms with E-state index in [1.165, 1.54) is 20.3 Å². The number of aromatic nitrogens is 1. The van der Waals surface area contributed by atoms with Gasteiger partial charge in [-0.3, -0.25) is 9.59 Å². The molecule has 1 aromatic carbocycles. The zero-order chi connectivity index (χ0) is 23.3. The van der Waals surface area contributed by atoms with Crippen molar-refractivity contribution in [2.24, 2.45) is 0 Å². The Morgan fingerprint density at radius 1 is 0.969 bits per heavy atom. The highest BCUT2D eigenvalue weighted by molar-refractivity contribution is 5.98. The minimum atomic E-state index is -4.43. The summed E-state index contributed by atoms with van der Waals surface area (Å²) in [7, 11) is 2.99. The summed E-state index contributed by atoms with van der Waals surface area (Å²) in [6.45, 7) is 1.72. The lowest BCUT2D eigenvalue weighted by Gasteiger charge is -2.35. The van der Waals surface area contributed by atoms with Gasteiger partial charge in [0.2, 0.25) is 5.91 Å². The number of methoxy groups -OCH3 is 2. The highest BCUT2D eigenvalue weighted by Gasteiger charge is 2.31. The fraction of sp³-hybridized carbons (Fsp3) is 0.409. The van der Waals surface area contributed by atoms with Crippen molar-refractivity contribution in [1.82, 2.24) is 9.88 Å². The van der Waals surface area contributed by atoms with Gasteiger partial charge in [-0.15, -0.1) is 0 Å². The van der Waals surface area contributed by atoms with Gasteiger partial charge in [0.1, 0.15) is 5.82 Å². The first-order valence-electron chi connectivity index (χ1n) is 10.0. The average molecular weight is 451 g/mol. The lowest BCUT2D eigenvalue weighted by atomic mass is 10.1. The highest BCUT2D eigenvalue weighted by atomic mass is 19.4. The Bertz CT molecular complexity index is 956. The van der Waals surface area contributed by atoms with Crippen molar-refractivity contribution in [3.8, 4) is 11.5 Å². The van der Waals surface area contributed by atoms with Crippen LogP contribution in [-0.2, 0) is 11.0 Å². The van der Waals surface area contributed by atoms with E-state index in [4.69, 9.17) is 9.47 Å². The Kier molecular flexibility index (Phi) is 7.22. The molecule has 3 rings (SSSR count). The van der Waals surface area contributed by atoms with Crippen LogP contribution >= 0.6 is 0 Å². The number of anilines is 1. The fourth-order valence-electron chi connectivity index (χ4n) is 3.46. The first-order valence-corrected chi connectivity index (χ1v) is 10.0. The molecule has 7 nitrogen and oxygen atoms in total. The normalized spacial score (nSPS) is 14.3. The van der Waals surface area contributed by atoms with Gasteiger partial charge in [0, 0.05) is 50.8 Å². The number of rotatable bonds is 7. The number of ketones is 1. The number of hydrogen-bond acceptors (Lipinski definition) is 6. The average Bonchev–Trinajstić information content (AvgIpc) is 2.81. The van der Waals surface area contributed by atoms with Crippen LogP contribution in [0.4, 0.5) is 19.0 Å². The molecule has 10 heteroatoms. The maximum Gasteiger partial charge on any atom is 0.417 e. The number of piperazine rings is 1. The van der Waals surface area contributed by atoms with Gasteiger partial charge in [-0.05, 0) is 30.3 Å². The zero-order valence-corrected chi connectivity index (χ0v) is 17.8. The number of carbonyl (C=O) groups is 2. The molecule has 0 bridgehead atoms. The lowest BCUT2D eigenvalue weighted by molar-refractivity contribution is -0.137. The van der Waals surface area contributed by atoms with E-state index in [-0.39, 0.29) is 24.5 Å². The minimum Gasteiger partial charge on any atom is -0.493 e. The summed E-state index contributed by atoms with van der Waals surface area (Å²) in [5, 5.41) is 0. The van der Waals surface area contributed by atoms with Gasteiger partial charge in [-0.1, -0.05) is 0 Å². The van der Waals surface area contributed by atoms with Crippen molar-refractivity contribution in [3.63, 3.8) is 0 Å². The molecule has 32 heavy (non-hydrogen) atoms. The first-order chi connectivity index (χ1) is 15.2. The molecule has 1 saturated heterocycles. The van der Waals surface area contributed by atoms with Crippen LogP contribution in [0, 0.1) is 0 Å². The van der Waals surface area contributed by atoms with Crippen molar-refractivity contribution in [2.75, 3.05) is 45.3 Å². The second kappa shape index (κ2) is 9.88.